The van der Waals surface area contributed by atoms with Crippen molar-refractivity contribution in [2.24, 2.45) is 11.8 Å². The summed E-state index contributed by atoms with van der Waals surface area (Å²) in [6, 6.07) is 0.499. The van der Waals surface area contributed by atoms with Crippen LogP contribution in [0.3, 0.4) is 0 Å². The van der Waals surface area contributed by atoms with Gasteiger partial charge in [0.05, 0.1) is 5.92 Å². The van der Waals surface area contributed by atoms with Crippen LogP contribution in [0.4, 0.5) is 0 Å². The Bertz CT molecular complexity index is 229. The molecule has 3 atom stereocenters. The Hall–Kier alpha value is -0.280. The monoisotopic (exact) mass is 246 g/mol. The van der Waals surface area contributed by atoms with Crippen molar-refractivity contribution in [3.8, 4) is 0 Å². The van der Waals surface area contributed by atoms with Crippen LogP contribution in [0.1, 0.15) is 39.0 Å². The Morgan fingerprint density at radius 1 is 1.50 bits per heavy atom. The molecule has 2 N–H and O–H groups in total. The van der Waals surface area contributed by atoms with Crippen LogP contribution in [-0.4, -0.2) is 25.0 Å². The molecule has 0 aromatic heterocycles. The number of rotatable bonds is 4. The fourth-order valence-corrected chi connectivity index (χ4v) is 2.49. The lowest BCUT2D eigenvalue weighted by Crippen LogP contribution is -2.41. The van der Waals surface area contributed by atoms with Gasteiger partial charge in [-0.15, -0.1) is 12.4 Å². The van der Waals surface area contributed by atoms with Gasteiger partial charge in [-0.25, -0.2) is 0 Å². The maximum Gasteiger partial charge on any atom is 0.224 e. The van der Waals surface area contributed by atoms with Gasteiger partial charge in [0.1, 0.15) is 0 Å². The van der Waals surface area contributed by atoms with Gasteiger partial charge in [0.25, 0.3) is 0 Å². The number of carbonyl (C=O) groups is 1. The molecule has 1 saturated heterocycles. The standard InChI is InChI=1S/C12H22N2O.ClH/c1-2-4-9-7-11(9)14-12(15)10-5-3-6-13-8-10;/h9-11,13H,2-8H2,1H3,(H,14,15);1H/t9?,10-,11?;/m1./s1. The predicted octanol–water partition coefficient (Wildman–Crippen LogP) is 1.71. The van der Waals surface area contributed by atoms with E-state index in [-0.39, 0.29) is 24.2 Å². The van der Waals surface area contributed by atoms with E-state index < -0.39 is 0 Å². The molecule has 16 heavy (non-hydrogen) atoms. The number of piperidine rings is 1. The fraction of sp³-hybridized carbons (Fsp3) is 0.917. The van der Waals surface area contributed by atoms with Crippen LogP contribution in [0.25, 0.3) is 0 Å². The molecule has 2 unspecified atom stereocenters. The normalized spacial score (nSPS) is 32.7. The molecule has 0 aromatic carbocycles. The molecular formula is C12H23ClN2O. The first kappa shape index (κ1) is 13.8. The molecule has 3 nitrogen and oxygen atoms in total. The van der Waals surface area contributed by atoms with Crippen molar-refractivity contribution in [1.29, 1.82) is 0 Å². The van der Waals surface area contributed by atoms with E-state index in [1.54, 1.807) is 0 Å². The zero-order valence-corrected chi connectivity index (χ0v) is 10.8. The molecule has 0 bridgehead atoms. The number of halogens is 1. The minimum atomic E-state index is 0. The smallest absolute Gasteiger partial charge is 0.224 e. The van der Waals surface area contributed by atoms with Gasteiger partial charge in [-0.1, -0.05) is 13.3 Å². The Kier molecular flexibility index (Phi) is 5.56. The predicted molar refractivity (Wildman–Crippen MR) is 67.8 cm³/mol. The molecule has 4 heteroatoms. The summed E-state index contributed by atoms with van der Waals surface area (Å²) in [5, 5.41) is 6.46. The first-order valence-electron chi connectivity index (χ1n) is 6.32. The summed E-state index contributed by atoms with van der Waals surface area (Å²) in [4.78, 5) is 11.8. The molecule has 1 saturated carbocycles. The second-order valence-corrected chi connectivity index (χ2v) is 4.94. The molecule has 2 aliphatic rings. The summed E-state index contributed by atoms with van der Waals surface area (Å²) in [6.07, 6.45) is 5.92. The highest BCUT2D eigenvalue weighted by Crippen LogP contribution is 2.34. The maximum absolute atomic E-state index is 11.8. The second-order valence-electron chi connectivity index (χ2n) is 4.94. The summed E-state index contributed by atoms with van der Waals surface area (Å²) >= 11 is 0. The molecule has 0 aromatic rings. The average molecular weight is 247 g/mol. The highest BCUT2D eigenvalue weighted by Gasteiger charge is 2.38. The average Bonchev–Trinajstić information content (AvgIpc) is 2.98. The summed E-state index contributed by atoms with van der Waals surface area (Å²) in [5.74, 6) is 1.28. The van der Waals surface area contributed by atoms with E-state index >= 15 is 0 Å². The molecular weight excluding hydrogens is 224 g/mol. The lowest BCUT2D eigenvalue weighted by Gasteiger charge is -2.21. The summed E-state index contributed by atoms with van der Waals surface area (Å²) in [6.45, 7) is 4.16. The van der Waals surface area contributed by atoms with Crippen molar-refractivity contribution in [3.63, 3.8) is 0 Å². The lowest BCUT2D eigenvalue weighted by atomic mass is 9.99. The van der Waals surface area contributed by atoms with Crippen LogP contribution in [-0.2, 0) is 4.79 Å². The van der Waals surface area contributed by atoms with Gasteiger partial charge in [0, 0.05) is 12.6 Å². The second kappa shape index (κ2) is 6.45. The van der Waals surface area contributed by atoms with Crippen molar-refractivity contribution in [2.75, 3.05) is 13.1 Å². The summed E-state index contributed by atoms with van der Waals surface area (Å²) in [7, 11) is 0. The topological polar surface area (TPSA) is 41.1 Å². The summed E-state index contributed by atoms with van der Waals surface area (Å²) in [5.41, 5.74) is 0. The third-order valence-electron chi connectivity index (χ3n) is 3.58. The van der Waals surface area contributed by atoms with E-state index in [0.29, 0.717) is 6.04 Å². The first-order chi connectivity index (χ1) is 7.31. The van der Waals surface area contributed by atoms with E-state index in [0.717, 1.165) is 31.8 Å². The number of nitrogens with one attached hydrogen (secondary N) is 2. The van der Waals surface area contributed by atoms with Crippen molar-refractivity contribution in [3.05, 3.63) is 0 Å². The van der Waals surface area contributed by atoms with Crippen molar-refractivity contribution in [2.45, 2.75) is 45.1 Å². The van der Waals surface area contributed by atoms with Crippen molar-refractivity contribution < 1.29 is 4.79 Å². The molecule has 1 aliphatic carbocycles. The van der Waals surface area contributed by atoms with Gasteiger partial charge in [0.15, 0.2) is 0 Å². The van der Waals surface area contributed by atoms with Crippen LogP contribution in [0, 0.1) is 11.8 Å². The zero-order valence-electron chi connectivity index (χ0n) is 10.00. The van der Waals surface area contributed by atoms with Gasteiger partial charge in [-0.3, -0.25) is 4.79 Å². The van der Waals surface area contributed by atoms with Gasteiger partial charge in [-0.2, -0.15) is 0 Å². The van der Waals surface area contributed by atoms with E-state index in [1.165, 1.54) is 19.3 Å². The molecule has 2 fully saturated rings. The quantitative estimate of drug-likeness (QED) is 0.793. The first-order valence-corrected chi connectivity index (χ1v) is 6.32. The number of hydrogen-bond donors (Lipinski definition) is 2. The number of hydrogen-bond acceptors (Lipinski definition) is 2. The summed E-state index contributed by atoms with van der Waals surface area (Å²) < 4.78 is 0. The van der Waals surface area contributed by atoms with Crippen molar-refractivity contribution in [1.82, 2.24) is 10.6 Å². The zero-order chi connectivity index (χ0) is 10.7. The Morgan fingerprint density at radius 2 is 2.31 bits per heavy atom. The van der Waals surface area contributed by atoms with Gasteiger partial charge < -0.3 is 10.6 Å². The molecule has 0 spiro atoms. The molecule has 2 rings (SSSR count). The molecule has 0 radical (unpaired) electrons. The van der Waals surface area contributed by atoms with E-state index in [9.17, 15) is 4.79 Å². The number of amides is 1. The molecule has 94 valence electrons. The van der Waals surface area contributed by atoms with Crippen molar-refractivity contribution >= 4 is 18.3 Å². The van der Waals surface area contributed by atoms with Crippen LogP contribution < -0.4 is 10.6 Å². The highest BCUT2D eigenvalue weighted by molar-refractivity contribution is 5.85. The molecule has 1 heterocycles. The lowest BCUT2D eigenvalue weighted by molar-refractivity contribution is -0.125. The van der Waals surface area contributed by atoms with Crippen LogP contribution in [0.2, 0.25) is 0 Å². The van der Waals surface area contributed by atoms with E-state index in [2.05, 4.69) is 17.6 Å². The minimum Gasteiger partial charge on any atom is -0.353 e. The van der Waals surface area contributed by atoms with E-state index in [1.807, 2.05) is 0 Å². The number of carbonyl (C=O) groups excluding carboxylic acids is 1. The fourth-order valence-electron chi connectivity index (χ4n) is 2.49. The maximum atomic E-state index is 11.8. The Balaban J connectivity index is 0.00000128. The molecule has 1 aliphatic heterocycles. The van der Waals surface area contributed by atoms with Crippen LogP contribution >= 0.6 is 12.4 Å². The van der Waals surface area contributed by atoms with Gasteiger partial charge in [0.2, 0.25) is 5.91 Å². The Morgan fingerprint density at radius 3 is 2.94 bits per heavy atom. The van der Waals surface area contributed by atoms with Gasteiger partial charge in [-0.05, 0) is 38.1 Å². The van der Waals surface area contributed by atoms with Crippen LogP contribution in [0.15, 0.2) is 0 Å². The minimum absolute atomic E-state index is 0. The molecule has 1 amide bonds. The van der Waals surface area contributed by atoms with E-state index in [4.69, 9.17) is 0 Å². The largest absolute Gasteiger partial charge is 0.353 e. The highest BCUT2D eigenvalue weighted by atomic mass is 35.5. The third-order valence-corrected chi connectivity index (χ3v) is 3.58. The SMILES string of the molecule is CCCC1CC1NC(=O)[C@@H]1CCCNC1.Cl. The van der Waals surface area contributed by atoms with Gasteiger partial charge >= 0.3 is 0 Å². The van der Waals surface area contributed by atoms with Crippen LogP contribution in [0.5, 0.6) is 0 Å². The third kappa shape index (κ3) is 3.63. The Labute approximate surface area is 104 Å².